The third-order valence-electron chi connectivity index (χ3n) is 3.04. The Balaban J connectivity index is 2.30. The van der Waals surface area contributed by atoms with Crippen LogP contribution in [0.25, 0.3) is 0 Å². The molecular formula is C15H13Cl4N. The summed E-state index contributed by atoms with van der Waals surface area (Å²) in [5, 5.41) is 5.89. The van der Waals surface area contributed by atoms with Crippen LogP contribution in [0, 0.1) is 6.92 Å². The number of halogens is 4. The number of hydrogen-bond donors (Lipinski definition) is 1. The molecule has 0 aromatic heterocycles. The molecular weight excluding hydrogens is 336 g/mol. The summed E-state index contributed by atoms with van der Waals surface area (Å²) in [6.45, 7) is 3.90. The predicted octanol–water partition coefficient (Wildman–Crippen LogP) is 6.78. The van der Waals surface area contributed by atoms with Gasteiger partial charge < -0.3 is 5.32 Å². The molecule has 0 radical (unpaired) electrons. The van der Waals surface area contributed by atoms with Gasteiger partial charge in [-0.15, -0.1) is 0 Å². The summed E-state index contributed by atoms with van der Waals surface area (Å²) in [6, 6.07) is 8.98. The molecule has 2 aromatic rings. The molecule has 20 heavy (non-hydrogen) atoms. The van der Waals surface area contributed by atoms with Crippen LogP contribution in [0.3, 0.4) is 0 Å². The first kappa shape index (κ1) is 15.8. The van der Waals surface area contributed by atoms with Crippen LogP contribution >= 0.6 is 46.4 Å². The summed E-state index contributed by atoms with van der Waals surface area (Å²) in [5.74, 6) is 0. The molecule has 2 rings (SSSR count). The second-order valence-corrected chi connectivity index (χ2v) is 6.27. The molecule has 0 heterocycles. The Morgan fingerprint density at radius 3 is 2.30 bits per heavy atom. The Bertz CT molecular complexity index is 640. The SMILES string of the molecule is Cc1cc(Cl)c(NC(C)c2cc(Cl)ccc2Cl)cc1Cl. The molecule has 0 aliphatic rings. The third kappa shape index (κ3) is 3.53. The first-order valence-corrected chi connectivity index (χ1v) is 7.57. The van der Waals surface area contributed by atoms with Gasteiger partial charge in [-0.25, -0.2) is 0 Å². The number of hydrogen-bond acceptors (Lipinski definition) is 1. The Morgan fingerprint density at radius 1 is 0.900 bits per heavy atom. The first-order chi connectivity index (χ1) is 9.38. The number of anilines is 1. The van der Waals surface area contributed by atoms with Gasteiger partial charge in [0.2, 0.25) is 0 Å². The molecule has 1 nitrogen and oxygen atoms in total. The summed E-state index contributed by atoms with van der Waals surface area (Å²) >= 11 is 24.6. The van der Waals surface area contributed by atoms with E-state index in [2.05, 4.69) is 5.32 Å². The lowest BCUT2D eigenvalue weighted by Gasteiger charge is -2.19. The topological polar surface area (TPSA) is 12.0 Å². The van der Waals surface area contributed by atoms with Gasteiger partial charge in [0.15, 0.2) is 0 Å². The van der Waals surface area contributed by atoms with E-state index in [1.165, 1.54) is 0 Å². The minimum Gasteiger partial charge on any atom is -0.377 e. The maximum absolute atomic E-state index is 6.22. The molecule has 1 unspecified atom stereocenters. The summed E-state index contributed by atoms with van der Waals surface area (Å²) in [7, 11) is 0. The van der Waals surface area contributed by atoms with Gasteiger partial charge in [-0.05, 0) is 55.3 Å². The maximum atomic E-state index is 6.22. The van der Waals surface area contributed by atoms with E-state index in [0.717, 1.165) is 16.8 Å². The number of benzene rings is 2. The Kier molecular flexibility index (Phi) is 5.09. The van der Waals surface area contributed by atoms with Crippen LogP contribution in [0.4, 0.5) is 5.69 Å². The number of nitrogens with one attached hydrogen (secondary N) is 1. The van der Waals surface area contributed by atoms with Gasteiger partial charge in [0, 0.05) is 15.1 Å². The monoisotopic (exact) mass is 347 g/mol. The highest BCUT2D eigenvalue weighted by Crippen LogP contribution is 2.33. The fourth-order valence-corrected chi connectivity index (χ4v) is 2.81. The van der Waals surface area contributed by atoms with Gasteiger partial charge in [0.25, 0.3) is 0 Å². The smallest absolute Gasteiger partial charge is 0.0641 e. The molecule has 1 atom stereocenters. The van der Waals surface area contributed by atoms with Gasteiger partial charge in [0.05, 0.1) is 16.8 Å². The van der Waals surface area contributed by atoms with E-state index in [4.69, 9.17) is 46.4 Å². The zero-order chi connectivity index (χ0) is 14.9. The van der Waals surface area contributed by atoms with Crippen LogP contribution < -0.4 is 5.32 Å². The van der Waals surface area contributed by atoms with E-state index in [1.807, 2.05) is 32.0 Å². The van der Waals surface area contributed by atoms with Crippen LogP contribution in [0.15, 0.2) is 30.3 Å². The molecule has 0 bridgehead atoms. The highest BCUT2D eigenvalue weighted by Gasteiger charge is 2.13. The van der Waals surface area contributed by atoms with Gasteiger partial charge >= 0.3 is 0 Å². The van der Waals surface area contributed by atoms with E-state index in [0.29, 0.717) is 20.1 Å². The summed E-state index contributed by atoms with van der Waals surface area (Å²) in [5.41, 5.74) is 2.62. The Morgan fingerprint density at radius 2 is 1.60 bits per heavy atom. The minimum absolute atomic E-state index is 0.0440. The molecule has 0 saturated carbocycles. The third-order valence-corrected chi connectivity index (χ3v) is 4.34. The minimum atomic E-state index is -0.0440. The average molecular weight is 349 g/mol. The number of aryl methyl sites for hydroxylation is 1. The van der Waals surface area contributed by atoms with Crippen molar-refractivity contribution in [3.8, 4) is 0 Å². The first-order valence-electron chi connectivity index (χ1n) is 6.05. The highest BCUT2D eigenvalue weighted by molar-refractivity contribution is 6.36. The Hall–Kier alpha value is -0.600. The molecule has 0 fully saturated rings. The average Bonchev–Trinajstić information content (AvgIpc) is 2.38. The van der Waals surface area contributed by atoms with Crippen LogP contribution in [0.2, 0.25) is 20.1 Å². The predicted molar refractivity (Wildman–Crippen MR) is 89.7 cm³/mol. The van der Waals surface area contributed by atoms with Crippen molar-refractivity contribution >= 4 is 52.1 Å². The molecule has 0 amide bonds. The van der Waals surface area contributed by atoms with E-state index in [1.54, 1.807) is 12.1 Å². The fraction of sp³-hybridized carbons (Fsp3) is 0.200. The molecule has 0 saturated heterocycles. The highest BCUT2D eigenvalue weighted by atomic mass is 35.5. The van der Waals surface area contributed by atoms with Crippen LogP contribution in [-0.2, 0) is 0 Å². The maximum Gasteiger partial charge on any atom is 0.0641 e. The molecule has 106 valence electrons. The van der Waals surface area contributed by atoms with Crippen LogP contribution in [0.5, 0.6) is 0 Å². The lowest BCUT2D eigenvalue weighted by molar-refractivity contribution is 0.885. The van der Waals surface area contributed by atoms with Crippen molar-refractivity contribution in [3.05, 3.63) is 61.5 Å². The number of rotatable bonds is 3. The molecule has 0 aliphatic carbocycles. The van der Waals surface area contributed by atoms with Crippen molar-refractivity contribution < 1.29 is 0 Å². The van der Waals surface area contributed by atoms with Crippen molar-refractivity contribution in [2.24, 2.45) is 0 Å². The molecule has 2 aromatic carbocycles. The largest absolute Gasteiger partial charge is 0.377 e. The second kappa shape index (κ2) is 6.44. The fourth-order valence-electron chi connectivity index (χ4n) is 1.91. The molecule has 0 spiro atoms. The second-order valence-electron chi connectivity index (χ2n) is 4.61. The van der Waals surface area contributed by atoms with Crippen molar-refractivity contribution in [2.45, 2.75) is 19.9 Å². The van der Waals surface area contributed by atoms with Gasteiger partial charge in [-0.1, -0.05) is 46.4 Å². The van der Waals surface area contributed by atoms with Crippen molar-refractivity contribution in [1.82, 2.24) is 0 Å². The molecule has 1 N–H and O–H groups in total. The quantitative estimate of drug-likeness (QED) is 0.644. The molecule has 5 heteroatoms. The zero-order valence-corrected chi connectivity index (χ0v) is 14.0. The van der Waals surface area contributed by atoms with Crippen molar-refractivity contribution in [3.63, 3.8) is 0 Å². The lowest BCUT2D eigenvalue weighted by Crippen LogP contribution is -2.08. The molecule has 0 aliphatic heterocycles. The Labute approximate surface area is 138 Å². The van der Waals surface area contributed by atoms with Crippen LogP contribution in [-0.4, -0.2) is 0 Å². The zero-order valence-electron chi connectivity index (χ0n) is 11.0. The lowest BCUT2D eigenvalue weighted by atomic mass is 10.1. The van der Waals surface area contributed by atoms with E-state index >= 15 is 0 Å². The summed E-state index contributed by atoms with van der Waals surface area (Å²) in [6.07, 6.45) is 0. The van der Waals surface area contributed by atoms with Crippen LogP contribution in [0.1, 0.15) is 24.1 Å². The van der Waals surface area contributed by atoms with Crippen molar-refractivity contribution in [1.29, 1.82) is 0 Å². The standard InChI is InChI=1S/C15H13Cl4N/c1-8-5-14(19)15(7-13(8)18)20-9(2)11-6-10(16)3-4-12(11)17/h3-7,9,20H,1-2H3. The van der Waals surface area contributed by atoms with Gasteiger partial charge in [-0.2, -0.15) is 0 Å². The van der Waals surface area contributed by atoms with Crippen molar-refractivity contribution in [2.75, 3.05) is 5.32 Å². The van der Waals surface area contributed by atoms with Gasteiger partial charge in [-0.3, -0.25) is 0 Å². The van der Waals surface area contributed by atoms with E-state index in [-0.39, 0.29) is 6.04 Å². The van der Waals surface area contributed by atoms with E-state index < -0.39 is 0 Å². The van der Waals surface area contributed by atoms with E-state index in [9.17, 15) is 0 Å². The summed E-state index contributed by atoms with van der Waals surface area (Å²) < 4.78 is 0. The normalized spacial score (nSPS) is 12.3. The van der Waals surface area contributed by atoms with Gasteiger partial charge in [0.1, 0.15) is 0 Å². The summed E-state index contributed by atoms with van der Waals surface area (Å²) in [4.78, 5) is 0.